The number of ether oxygens (including phenoxy) is 1. The van der Waals surface area contributed by atoms with Gasteiger partial charge >= 0.3 is 0 Å². The molecule has 118 valence electrons. The molecule has 21 heavy (non-hydrogen) atoms. The number of hydrogen-bond donors (Lipinski definition) is 2. The van der Waals surface area contributed by atoms with E-state index in [1.807, 2.05) is 12.1 Å². The van der Waals surface area contributed by atoms with Gasteiger partial charge in [-0.05, 0) is 31.7 Å². The number of aromatic hydroxyl groups is 1. The molecule has 0 radical (unpaired) electrons. The van der Waals surface area contributed by atoms with E-state index in [2.05, 4.69) is 29.1 Å². The molecule has 0 amide bonds. The van der Waals surface area contributed by atoms with Gasteiger partial charge in [-0.2, -0.15) is 0 Å². The van der Waals surface area contributed by atoms with E-state index >= 15 is 0 Å². The fraction of sp³-hybridized carbons (Fsp3) is 0.625. The van der Waals surface area contributed by atoms with E-state index in [-0.39, 0.29) is 5.75 Å². The van der Waals surface area contributed by atoms with E-state index in [4.69, 9.17) is 4.74 Å². The zero-order chi connectivity index (χ0) is 15.2. The molecule has 5 heteroatoms. The zero-order valence-electron chi connectivity index (χ0n) is 13.3. The summed E-state index contributed by atoms with van der Waals surface area (Å²) < 4.78 is 5.19. The van der Waals surface area contributed by atoms with Crippen molar-refractivity contribution in [2.45, 2.75) is 13.0 Å². The van der Waals surface area contributed by atoms with Crippen LogP contribution in [0.15, 0.2) is 18.2 Å². The maximum absolute atomic E-state index is 9.68. The van der Waals surface area contributed by atoms with Gasteiger partial charge in [0.1, 0.15) is 0 Å². The predicted octanol–water partition coefficient (Wildman–Crippen LogP) is 1.30. The number of benzene rings is 1. The average Bonchev–Trinajstić information content (AvgIpc) is 2.53. The quantitative estimate of drug-likeness (QED) is 0.828. The van der Waals surface area contributed by atoms with Crippen LogP contribution in [0.25, 0.3) is 0 Å². The predicted molar refractivity (Wildman–Crippen MR) is 85.0 cm³/mol. The third kappa shape index (κ3) is 4.33. The average molecular weight is 293 g/mol. The van der Waals surface area contributed by atoms with E-state index in [1.54, 1.807) is 13.2 Å². The molecule has 1 aliphatic rings. The fourth-order valence-corrected chi connectivity index (χ4v) is 2.64. The van der Waals surface area contributed by atoms with Crippen molar-refractivity contribution in [1.29, 1.82) is 0 Å². The Kier molecular flexibility index (Phi) is 5.85. The smallest absolute Gasteiger partial charge is 0.160 e. The fourth-order valence-electron chi connectivity index (χ4n) is 2.64. The van der Waals surface area contributed by atoms with Gasteiger partial charge in [0.2, 0.25) is 0 Å². The monoisotopic (exact) mass is 293 g/mol. The SMILES string of the molecule is COc1cc(C(C)N(C)CCN2CCNCC2)ccc1O. The van der Waals surface area contributed by atoms with Crippen LogP contribution in [0.5, 0.6) is 11.5 Å². The second kappa shape index (κ2) is 7.64. The van der Waals surface area contributed by atoms with E-state index < -0.39 is 0 Å². The molecule has 1 aliphatic heterocycles. The molecule has 1 aromatic rings. The molecule has 2 rings (SSSR count). The zero-order valence-corrected chi connectivity index (χ0v) is 13.3. The summed E-state index contributed by atoms with van der Waals surface area (Å²) in [6.45, 7) is 8.76. The standard InChI is InChI=1S/C16H27N3O2/c1-13(14-4-5-15(20)16(12-14)21-3)18(2)10-11-19-8-6-17-7-9-19/h4-5,12-13,17,20H,6-11H2,1-3H3. The summed E-state index contributed by atoms with van der Waals surface area (Å²) in [5.74, 6) is 0.728. The van der Waals surface area contributed by atoms with Crippen molar-refractivity contribution in [3.63, 3.8) is 0 Å². The number of phenols is 1. The van der Waals surface area contributed by atoms with Crippen LogP contribution in [0.3, 0.4) is 0 Å². The first kappa shape index (κ1) is 16.1. The second-order valence-electron chi connectivity index (χ2n) is 5.68. The maximum Gasteiger partial charge on any atom is 0.160 e. The first-order chi connectivity index (χ1) is 10.1. The van der Waals surface area contributed by atoms with E-state index in [9.17, 15) is 5.11 Å². The number of phenolic OH excluding ortho intramolecular Hbond substituents is 1. The molecule has 0 aromatic heterocycles. The topological polar surface area (TPSA) is 48.0 Å². The molecule has 2 N–H and O–H groups in total. The van der Waals surface area contributed by atoms with Crippen molar-refractivity contribution < 1.29 is 9.84 Å². The Morgan fingerprint density at radius 2 is 2.10 bits per heavy atom. The molecule has 1 saturated heterocycles. The summed E-state index contributed by atoms with van der Waals surface area (Å²) in [4.78, 5) is 4.84. The van der Waals surface area contributed by atoms with Crippen molar-refractivity contribution in [3.8, 4) is 11.5 Å². The molecule has 1 heterocycles. The third-order valence-electron chi connectivity index (χ3n) is 4.33. The Hall–Kier alpha value is -1.30. The molecule has 5 nitrogen and oxygen atoms in total. The van der Waals surface area contributed by atoms with Gasteiger partial charge in [-0.25, -0.2) is 0 Å². The molecule has 1 fully saturated rings. The minimum absolute atomic E-state index is 0.192. The molecule has 0 aliphatic carbocycles. The van der Waals surface area contributed by atoms with Crippen LogP contribution >= 0.6 is 0 Å². The van der Waals surface area contributed by atoms with Crippen LogP contribution < -0.4 is 10.1 Å². The summed E-state index contributed by atoms with van der Waals surface area (Å²) in [7, 11) is 3.73. The molecular formula is C16H27N3O2. The Bertz CT molecular complexity index is 447. The minimum atomic E-state index is 0.192. The van der Waals surface area contributed by atoms with E-state index in [0.29, 0.717) is 11.8 Å². The second-order valence-corrected chi connectivity index (χ2v) is 5.68. The van der Waals surface area contributed by atoms with Gasteiger partial charge in [-0.15, -0.1) is 0 Å². The lowest BCUT2D eigenvalue weighted by Gasteiger charge is -2.31. The minimum Gasteiger partial charge on any atom is -0.504 e. The number of likely N-dealkylation sites (N-methyl/N-ethyl adjacent to an activating group) is 1. The molecule has 1 unspecified atom stereocenters. The Morgan fingerprint density at radius 3 is 2.76 bits per heavy atom. The van der Waals surface area contributed by atoms with Gasteiger partial charge in [0.25, 0.3) is 0 Å². The first-order valence-electron chi connectivity index (χ1n) is 7.62. The molecule has 1 aromatic carbocycles. The van der Waals surface area contributed by atoms with Crippen molar-refractivity contribution in [2.24, 2.45) is 0 Å². The summed E-state index contributed by atoms with van der Waals surface area (Å²) in [6, 6.07) is 5.88. The Morgan fingerprint density at radius 1 is 1.38 bits per heavy atom. The number of nitrogens with one attached hydrogen (secondary N) is 1. The highest BCUT2D eigenvalue weighted by molar-refractivity contribution is 5.42. The van der Waals surface area contributed by atoms with Crippen molar-refractivity contribution in [1.82, 2.24) is 15.1 Å². The lowest BCUT2D eigenvalue weighted by Crippen LogP contribution is -2.46. The number of methoxy groups -OCH3 is 1. The van der Waals surface area contributed by atoms with Crippen molar-refractivity contribution in [3.05, 3.63) is 23.8 Å². The largest absolute Gasteiger partial charge is 0.504 e. The van der Waals surface area contributed by atoms with Crippen LogP contribution in [-0.4, -0.2) is 68.3 Å². The van der Waals surface area contributed by atoms with Gasteiger partial charge in [-0.3, -0.25) is 9.80 Å². The van der Waals surface area contributed by atoms with Gasteiger partial charge in [0, 0.05) is 45.3 Å². The molecule has 0 bridgehead atoms. The summed E-state index contributed by atoms with van der Waals surface area (Å²) in [5, 5.41) is 13.1. The molecule has 0 saturated carbocycles. The lowest BCUT2D eigenvalue weighted by molar-refractivity contribution is 0.183. The molecular weight excluding hydrogens is 266 g/mol. The van der Waals surface area contributed by atoms with Crippen LogP contribution in [0.1, 0.15) is 18.5 Å². The van der Waals surface area contributed by atoms with Gasteiger partial charge < -0.3 is 15.2 Å². The van der Waals surface area contributed by atoms with Gasteiger partial charge in [0.15, 0.2) is 11.5 Å². The summed E-state index contributed by atoms with van der Waals surface area (Å²) >= 11 is 0. The van der Waals surface area contributed by atoms with E-state index in [1.165, 1.54) is 0 Å². The molecule has 0 spiro atoms. The Balaban J connectivity index is 1.90. The number of rotatable bonds is 6. The van der Waals surface area contributed by atoms with Crippen molar-refractivity contribution >= 4 is 0 Å². The normalized spacial score (nSPS) is 17.9. The molecule has 1 atom stereocenters. The third-order valence-corrected chi connectivity index (χ3v) is 4.33. The lowest BCUT2D eigenvalue weighted by atomic mass is 10.1. The first-order valence-corrected chi connectivity index (χ1v) is 7.62. The van der Waals surface area contributed by atoms with Crippen LogP contribution in [-0.2, 0) is 0 Å². The number of hydrogen-bond acceptors (Lipinski definition) is 5. The highest BCUT2D eigenvalue weighted by Crippen LogP contribution is 2.30. The van der Waals surface area contributed by atoms with Crippen LogP contribution in [0.2, 0.25) is 0 Å². The maximum atomic E-state index is 9.68. The number of piperazine rings is 1. The van der Waals surface area contributed by atoms with E-state index in [0.717, 1.165) is 44.8 Å². The highest BCUT2D eigenvalue weighted by atomic mass is 16.5. The van der Waals surface area contributed by atoms with Gasteiger partial charge in [-0.1, -0.05) is 6.07 Å². The highest BCUT2D eigenvalue weighted by Gasteiger charge is 2.16. The number of nitrogens with zero attached hydrogens (tertiary/aromatic N) is 2. The summed E-state index contributed by atoms with van der Waals surface area (Å²) in [6.07, 6.45) is 0. The van der Waals surface area contributed by atoms with Gasteiger partial charge in [0.05, 0.1) is 7.11 Å². The van der Waals surface area contributed by atoms with Crippen molar-refractivity contribution in [2.75, 3.05) is 53.4 Å². The van der Waals surface area contributed by atoms with Crippen LogP contribution in [0.4, 0.5) is 0 Å². The van der Waals surface area contributed by atoms with Crippen LogP contribution in [0, 0.1) is 0 Å². The Labute approximate surface area is 127 Å². The summed E-state index contributed by atoms with van der Waals surface area (Å²) in [5.41, 5.74) is 1.16.